The molecule has 0 atom stereocenters. The summed E-state index contributed by atoms with van der Waals surface area (Å²) < 4.78 is 25.6. The number of rotatable bonds is 7. The monoisotopic (exact) mass is 422 g/mol. The number of para-hydroxylation sites is 1. The summed E-state index contributed by atoms with van der Waals surface area (Å²) in [6, 6.07) is 6.91. The van der Waals surface area contributed by atoms with Crippen LogP contribution in [0.4, 0.5) is 0 Å². The lowest BCUT2D eigenvalue weighted by molar-refractivity contribution is -0.132. The molecule has 0 aliphatic carbocycles. The number of H-pyrrole nitrogens is 1. The number of sulfonamides is 1. The van der Waals surface area contributed by atoms with Crippen molar-refractivity contribution in [2.45, 2.75) is 32.2 Å². The van der Waals surface area contributed by atoms with Crippen LogP contribution in [0.25, 0.3) is 10.9 Å². The minimum Gasteiger partial charge on any atom is -0.340 e. The molecule has 2 aromatic rings. The van der Waals surface area contributed by atoms with Gasteiger partial charge in [0, 0.05) is 39.1 Å². The lowest BCUT2D eigenvalue weighted by atomic mass is 10.1. The van der Waals surface area contributed by atoms with E-state index in [0.717, 1.165) is 0 Å². The van der Waals surface area contributed by atoms with Gasteiger partial charge in [-0.3, -0.25) is 14.2 Å². The zero-order valence-corrected chi connectivity index (χ0v) is 17.3. The summed E-state index contributed by atoms with van der Waals surface area (Å²) in [5.41, 5.74) is -0.196. The highest BCUT2D eigenvalue weighted by Crippen LogP contribution is 2.10. The zero-order valence-electron chi connectivity index (χ0n) is 16.5. The van der Waals surface area contributed by atoms with Gasteiger partial charge in [-0.05, 0) is 25.0 Å². The number of hydrogen-bond acceptors (Lipinski definition) is 5. The summed E-state index contributed by atoms with van der Waals surface area (Å²) in [7, 11) is -3.21. The molecule has 1 amide bonds. The minimum atomic E-state index is -3.21. The van der Waals surface area contributed by atoms with E-state index in [-0.39, 0.29) is 11.5 Å². The number of nitrogens with zero attached hydrogens (tertiary/aromatic N) is 3. The molecule has 1 aliphatic rings. The van der Waals surface area contributed by atoms with Gasteiger partial charge in [0.2, 0.25) is 15.9 Å². The second-order valence-corrected chi connectivity index (χ2v) is 9.27. The largest absolute Gasteiger partial charge is 0.340 e. The van der Waals surface area contributed by atoms with Crippen molar-refractivity contribution in [2.24, 2.45) is 0 Å². The summed E-state index contributed by atoms with van der Waals surface area (Å²) in [6.07, 6.45) is 3.55. The molecule has 0 bridgehead atoms. The zero-order chi connectivity index (χ0) is 21.0. The molecule has 1 aromatic carbocycles. The van der Waals surface area contributed by atoms with Crippen LogP contribution >= 0.6 is 0 Å². The summed E-state index contributed by atoms with van der Waals surface area (Å²) in [4.78, 5) is 41.3. The molecule has 0 unspecified atom stereocenters. The number of hydrogen-bond donors (Lipinski definition) is 1. The highest BCUT2D eigenvalue weighted by atomic mass is 32.2. The number of nitrogens with one attached hydrogen (secondary N) is 1. The molecule has 0 saturated carbocycles. The molecule has 1 N–H and O–H groups in total. The Morgan fingerprint density at radius 1 is 1.03 bits per heavy atom. The van der Waals surface area contributed by atoms with E-state index in [1.807, 2.05) is 0 Å². The molecule has 10 heteroatoms. The Labute approximate surface area is 169 Å². The number of amides is 1. The van der Waals surface area contributed by atoms with Crippen molar-refractivity contribution >= 4 is 26.8 Å². The Morgan fingerprint density at radius 2 is 1.72 bits per heavy atom. The van der Waals surface area contributed by atoms with E-state index >= 15 is 0 Å². The fraction of sp³-hybridized carbons (Fsp3) is 0.526. The van der Waals surface area contributed by atoms with E-state index < -0.39 is 15.7 Å². The lowest BCUT2D eigenvalue weighted by Crippen LogP contribution is -2.50. The molecular formula is C19H26N4O5S. The summed E-state index contributed by atoms with van der Waals surface area (Å²) >= 11 is 0. The molecule has 9 nitrogen and oxygen atoms in total. The van der Waals surface area contributed by atoms with Crippen LogP contribution in [0.1, 0.15) is 25.7 Å². The second kappa shape index (κ2) is 8.91. The van der Waals surface area contributed by atoms with Crippen molar-refractivity contribution in [3.05, 3.63) is 45.1 Å². The molecule has 1 saturated heterocycles. The first-order chi connectivity index (χ1) is 13.8. The van der Waals surface area contributed by atoms with Gasteiger partial charge < -0.3 is 9.88 Å². The predicted octanol–water partition coefficient (Wildman–Crippen LogP) is 0.354. The molecule has 29 heavy (non-hydrogen) atoms. The minimum absolute atomic E-state index is 0.0128. The molecule has 0 radical (unpaired) electrons. The molecule has 3 rings (SSSR count). The van der Waals surface area contributed by atoms with Crippen molar-refractivity contribution in [3.8, 4) is 0 Å². The third kappa shape index (κ3) is 5.13. The van der Waals surface area contributed by atoms with E-state index in [1.54, 1.807) is 29.2 Å². The van der Waals surface area contributed by atoms with Crippen LogP contribution < -0.4 is 11.2 Å². The number of carbonyl (C=O) groups excluding carboxylic acids is 1. The molecular weight excluding hydrogens is 396 g/mol. The summed E-state index contributed by atoms with van der Waals surface area (Å²) in [6.45, 7) is 1.79. The van der Waals surface area contributed by atoms with E-state index in [0.29, 0.717) is 69.3 Å². The second-order valence-electron chi connectivity index (χ2n) is 7.29. The van der Waals surface area contributed by atoms with Crippen molar-refractivity contribution in [1.29, 1.82) is 0 Å². The molecule has 1 aromatic heterocycles. The van der Waals surface area contributed by atoms with Crippen molar-refractivity contribution in [1.82, 2.24) is 18.8 Å². The van der Waals surface area contributed by atoms with Crippen LogP contribution in [0, 0.1) is 0 Å². The number of unbranched alkanes of at least 4 members (excludes halogenated alkanes) is 2. The predicted molar refractivity (Wildman–Crippen MR) is 110 cm³/mol. The number of aromatic nitrogens is 2. The van der Waals surface area contributed by atoms with Gasteiger partial charge in [-0.25, -0.2) is 13.2 Å². The Morgan fingerprint density at radius 3 is 2.41 bits per heavy atom. The maximum absolute atomic E-state index is 12.5. The molecule has 158 valence electrons. The first-order valence-corrected chi connectivity index (χ1v) is 11.6. The average Bonchev–Trinajstić information content (AvgIpc) is 2.69. The van der Waals surface area contributed by atoms with Crippen molar-refractivity contribution in [2.75, 3.05) is 32.4 Å². The van der Waals surface area contributed by atoms with Gasteiger partial charge in [0.05, 0.1) is 17.2 Å². The normalized spacial score (nSPS) is 15.7. The topological polar surface area (TPSA) is 113 Å². The van der Waals surface area contributed by atoms with Crippen LogP contribution in [-0.2, 0) is 21.4 Å². The van der Waals surface area contributed by atoms with Gasteiger partial charge in [-0.1, -0.05) is 18.6 Å². The molecule has 1 fully saturated rings. The molecule has 2 heterocycles. The fourth-order valence-corrected chi connectivity index (χ4v) is 4.38. The van der Waals surface area contributed by atoms with Gasteiger partial charge in [0.15, 0.2) is 0 Å². The number of fused-ring (bicyclic) bond motifs is 1. The summed E-state index contributed by atoms with van der Waals surface area (Å²) in [5, 5.41) is 0.482. The van der Waals surface area contributed by atoms with Crippen LogP contribution in [0.5, 0.6) is 0 Å². The number of benzene rings is 1. The van der Waals surface area contributed by atoms with Crippen LogP contribution in [0.3, 0.4) is 0 Å². The Balaban J connectivity index is 1.45. The highest BCUT2D eigenvalue weighted by Gasteiger charge is 2.25. The van der Waals surface area contributed by atoms with E-state index in [2.05, 4.69) is 4.98 Å². The number of carbonyl (C=O) groups is 1. The van der Waals surface area contributed by atoms with Gasteiger partial charge in [-0.15, -0.1) is 0 Å². The molecule has 1 aliphatic heterocycles. The Kier molecular flexibility index (Phi) is 6.53. The van der Waals surface area contributed by atoms with Gasteiger partial charge >= 0.3 is 5.69 Å². The standard InChI is InChI=1S/C19H26N4O5S/c1-29(27,28)22-13-11-21(12-14-22)17(24)9-3-2-6-10-23-18(25)15-7-4-5-8-16(15)20-19(23)26/h4-5,7-8H,2-3,6,9-14H2,1H3,(H,20,26). The maximum atomic E-state index is 12.5. The smallest absolute Gasteiger partial charge is 0.328 e. The first kappa shape index (κ1) is 21.3. The average molecular weight is 423 g/mol. The SMILES string of the molecule is CS(=O)(=O)N1CCN(C(=O)CCCCCn2c(=O)[nH]c3ccccc3c2=O)CC1. The van der Waals surface area contributed by atoms with E-state index in [1.165, 1.54) is 15.1 Å². The van der Waals surface area contributed by atoms with Crippen molar-refractivity contribution in [3.63, 3.8) is 0 Å². The maximum Gasteiger partial charge on any atom is 0.328 e. The first-order valence-electron chi connectivity index (χ1n) is 9.72. The Bertz CT molecular complexity index is 1100. The summed E-state index contributed by atoms with van der Waals surface area (Å²) in [5.74, 6) is 0.0128. The van der Waals surface area contributed by atoms with Crippen LogP contribution in [-0.4, -0.2) is 65.5 Å². The lowest BCUT2D eigenvalue weighted by Gasteiger charge is -2.33. The highest BCUT2D eigenvalue weighted by molar-refractivity contribution is 7.88. The van der Waals surface area contributed by atoms with Gasteiger partial charge in [0.1, 0.15) is 0 Å². The van der Waals surface area contributed by atoms with Crippen LogP contribution in [0.15, 0.2) is 33.9 Å². The number of aromatic amines is 1. The fourth-order valence-electron chi connectivity index (χ4n) is 3.55. The van der Waals surface area contributed by atoms with E-state index in [9.17, 15) is 22.8 Å². The van der Waals surface area contributed by atoms with Gasteiger partial charge in [-0.2, -0.15) is 4.31 Å². The quantitative estimate of drug-likeness (QED) is 0.647. The molecule has 0 spiro atoms. The third-order valence-electron chi connectivity index (χ3n) is 5.22. The van der Waals surface area contributed by atoms with Crippen molar-refractivity contribution < 1.29 is 13.2 Å². The van der Waals surface area contributed by atoms with Gasteiger partial charge in [0.25, 0.3) is 5.56 Å². The third-order valence-corrected chi connectivity index (χ3v) is 6.53. The van der Waals surface area contributed by atoms with Crippen LogP contribution in [0.2, 0.25) is 0 Å². The number of piperazine rings is 1. The Hall–Kier alpha value is -2.46. The van der Waals surface area contributed by atoms with E-state index in [4.69, 9.17) is 0 Å².